The Hall–Kier alpha value is -0.380. The zero-order valence-electron chi connectivity index (χ0n) is 11.6. The van der Waals surface area contributed by atoms with Crippen LogP contribution in [0.4, 0.5) is 0 Å². The van der Waals surface area contributed by atoms with Crippen molar-refractivity contribution in [3.63, 3.8) is 0 Å². The minimum Gasteiger partial charge on any atom is -0.393 e. The summed E-state index contributed by atoms with van der Waals surface area (Å²) in [5.74, 6) is 0.750. The molecule has 0 aromatic carbocycles. The molecule has 0 amide bonds. The number of hydrogen-bond donors (Lipinski definition) is 2. The predicted molar refractivity (Wildman–Crippen MR) is 80.0 cm³/mol. The highest BCUT2D eigenvalue weighted by Gasteiger charge is 2.27. The predicted octanol–water partition coefficient (Wildman–Crippen LogP) is 3.97. The van der Waals surface area contributed by atoms with Crippen molar-refractivity contribution < 1.29 is 5.11 Å². The largest absolute Gasteiger partial charge is 0.393 e. The number of nitrogens with one attached hydrogen (secondary N) is 1. The summed E-state index contributed by atoms with van der Waals surface area (Å²) < 4.78 is 3.54. The molecule has 18 heavy (non-hydrogen) atoms. The smallest absolute Gasteiger partial charge is 0.178 e. The van der Waals surface area contributed by atoms with Gasteiger partial charge in [-0.05, 0) is 32.6 Å². The van der Waals surface area contributed by atoms with E-state index in [4.69, 9.17) is 0 Å². The van der Waals surface area contributed by atoms with Gasteiger partial charge in [-0.25, -0.2) is 0 Å². The second-order valence-electron chi connectivity index (χ2n) is 5.41. The molecule has 2 N–H and O–H groups in total. The summed E-state index contributed by atoms with van der Waals surface area (Å²) >= 11 is 0. The summed E-state index contributed by atoms with van der Waals surface area (Å²) in [5, 5.41) is 12.0. The fourth-order valence-corrected chi connectivity index (χ4v) is 4.93. The van der Waals surface area contributed by atoms with E-state index in [1.165, 1.54) is 37.0 Å². The first kappa shape index (κ1) is 14.0. The van der Waals surface area contributed by atoms with Gasteiger partial charge < -0.3 is 5.11 Å². The molecule has 102 valence electrons. The molecule has 1 aromatic heterocycles. The lowest BCUT2D eigenvalue weighted by atomic mass is 9.84. The van der Waals surface area contributed by atoms with E-state index < -0.39 is 0 Å². The minimum absolute atomic E-state index is 0.0716. The Morgan fingerprint density at radius 3 is 2.72 bits per heavy atom. The zero-order chi connectivity index (χ0) is 13.0. The van der Waals surface area contributed by atoms with Crippen LogP contribution in [-0.4, -0.2) is 17.8 Å². The van der Waals surface area contributed by atoms with Crippen LogP contribution in [0.3, 0.4) is 0 Å². The molecule has 1 saturated carbocycles. The molecule has 0 aliphatic heterocycles. The molecule has 1 aliphatic carbocycles. The highest BCUT2D eigenvalue weighted by molar-refractivity contribution is 7.31. The van der Waals surface area contributed by atoms with Crippen LogP contribution in [0.15, 0.2) is 11.4 Å². The van der Waals surface area contributed by atoms with E-state index >= 15 is 0 Å². The van der Waals surface area contributed by atoms with Gasteiger partial charge >= 0.3 is 0 Å². The van der Waals surface area contributed by atoms with Crippen LogP contribution >= 0.6 is 10.7 Å². The molecule has 3 heteroatoms. The molecule has 1 aliphatic rings. The van der Waals surface area contributed by atoms with Crippen LogP contribution < -0.4 is 4.72 Å². The van der Waals surface area contributed by atoms with Gasteiger partial charge in [0.2, 0.25) is 0 Å². The Morgan fingerprint density at radius 2 is 2.11 bits per heavy atom. The fraction of sp³-hybridized carbons (Fsp3) is 0.733. The molecule has 2 nitrogen and oxygen atoms in total. The van der Waals surface area contributed by atoms with Crippen molar-refractivity contribution in [2.75, 3.05) is 11.3 Å². The van der Waals surface area contributed by atoms with Crippen LogP contribution in [0.1, 0.15) is 62.3 Å². The van der Waals surface area contributed by atoms with E-state index in [0.29, 0.717) is 0 Å². The number of aliphatic hydroxyl groups excluding tert-OH is 1. The second kappa shape index (κ2) is 6.69. The van der Waals surface area contributed by atoms with Gasteiger partial charge in [-0.15, -0.1) is 4.72 Å². The van der Waals surface area contributed by atoms with Crippen LogP contribution in [0.2, 0.25) is 0 Å². The molecule has 1 fully saturated rings. The van der Waals surface area contributed by atoms with Gasteiger partial charge in [0, 0.05) is 24.6 Å². The quantitative estimate of drug-likeness (QED) is 0.792. The Labute approximate surface area is 114 Å². The van der Waals surface area contributed by atoms with Gasteiger partial charge in [-0.2, -0.15) is 0 Å². The summed E-state index contributed by atoms with van der Waals surface area (Å²) in [6.07, 6.45) is 7.43. The van der Waals surface area contributed by atoms with Crippen LogP contribution in [-0.2, 0) is 6.42 Å². The van der Waals surface area contributed by atoms with E-state index in [0.717, 1.165) is 18.9 Å². The highest BCUT2D eigenvalue weighted by Crippen LogP contribution is 2.39. The van der Waals surface area contributed by atoms with Crippen molar-refractivity contribution in [2.45, 2.75) is 64.4 Å². The van der Waals surface area contributed by atoms with Crippen molar-refractivity contribution >= 4 is 10.7 Å². The second-order valence-corrected chi connectivity index (χ2v) is 7.13. The van der Waals surface area contributed by atoms with E-state index in [1.807, 2.05) is 6.92 Å². The molecule has 1 aromatic rings. The van der Waals surface area contributed by atoms with Crippen molar-refractivity contribution in [2.24, 2.45) is 0 Å². The molecule has 2 unspecified atom stereocenters. The van der Waals surface area contributed by atoms with Crippen LogP contribution in [0.5, 0.6) is 0 Å². The SMILES string of the molecule is CCN[s+]1ccc(C2CCCCC2)c1CC(C)O. The maximum absolute atomic E-state index is 9.73. The third kappa shape index (κ3) is 3.34. The van der Waals surface area contributed by atoms with Crippen molar-refractivity contribution in [1.29, 1.82) is 0 Å². The Bertz CT molecular complexity index is 367. The van der Waals surface area contributed by atoms with E-state index in [9.17, 15) is 5.11 Å². The normalized spacial score (nSPS) is 20.1. The highest BCUT2D eigenvalue weighted by atomic mass is 32.2. The molecule has 1 heterocycles. The van der Waals surface area contributed by atoms with Crippen LogP contribution in [0, 0.1) is 0 Å². The Morgan fingerprint density at radius 1 is 1.39 bits per heavy atom. The van der Waals surface area contributed by atoms with Crippen LogP contribution in [0.25, 0.3) is 0 Å². The average Bonchev–Trinajstić information content (AvgIpc) is 2.73. The van der Waals surface area contributed by atoms with E-state index in [-0.39, 0.29) is 16.8 Å². The Balaban J connectivity index is 2.21. The molecule has 0 bridgehead atoms. The van der Waals surface area contributed by atoms with Gasteiger partial charge in [0.15, 0.2) is 10.3 Å². The van der Waals surface area contributed by atoms with Gasteiger partial charge in [0.05, 0.1) is 16.8 Å². The molecule has 0 saturated heterocycles. The number of thiophene rings is 1. The third-order valence-electron chi connectivity index (χ3n) is 3.80. The summed E-state index contributed by atoms with van der Waals surface area (Å²) in [6.45, 7) is 5.05. The maximum Gasteiger partial charge on any atom is 0.178 e. The number of rotatable bonds is 5. The fourth-order valence-electron chi connectivity index (χ4n) is 2.99. The molecule has 0 radical (unpaired) electrons. The van der Waals surface area contributed by atoms with Gasteiger partial charge in [0.1, 0.15) is 0 Å². The summed E-state index contributed by atoms with van der Waals surface area (Å²) in [7, 11) is 0.0716. The summed E-state index contributed by atoms with van der Waals surface area (Å²) in [4.78, 5) is 1.47. The zero-order valence-corrected chi connectivity index (χ0v) is 12.4. The lowest BCUT2D eigenvalue weighted by Gasteiger charge is -2.21. The standard InChI is InChI=1S/C15H26NOS/c1-3-16-18-10-9-14(15(18)11-12(2)17)13-7-5-4-6-8-13/h9-10,12-13,16-17H,3-8,11H2,1-2H3/q+1. The topological polar surface area (TPSA) is 32.3 Å². The number of hydrogen-bond acceptors (Lipinski definition) is 2. The van der Waals surface area contributed by atoms with Gasteiger partial charge in [-0.3, -0.25) is 0 Å². The number of aliphatic hydroxyl groups is 1. The van der Waals surface area contributed by atoms with Crippen molar-refractivity contribution in [1.82, 2.24) is 0 Å². The van der Waals surface area contributed by atoms with Crippen molar-refractivity contribution in [3.8, 4) is 0 Å². The average molecular weight is 268 g/mol. The first-order valence-corrected chi connectivity index (χ1v) is 8.57. The first-order valence-electron chi connectivity index (χ1n) is 7.28. The van der Waals surface area contributed by atoms with E-state index in [1.54, 1.807) is 5.56 Å². The first-order chi connectivity index (χ1) is 8.72. The lowest BCUT2D eigenvalue weighted by Crippen LogP contribution is -2.11. The van der Waals surface area contributed by atoms with Gasteiger partial charge in [0.25, 0.3) is 0 Å². The Kier molecular flexibility index (Phi) is 5.22. The molecule has 2 atom stereocenters. The summed E-state index contributed by atoms with van der Waals surface area (Å²) in [5.41, 5.74) is 1.54. The third-order valence-corrected chi connectivity index (χ3v) is 5.74. The molecule has 2 rings (SSSR count). The van der Waals surface area contributed by atoms with E-state index in [2.05, 4.69) is 23.1 Å². The monoisotopic (exact) mass is 268 g/mol. The lowest BCUT2D eigenvalue weighted by molar-refractivity contribution is 0.196. The minimum atomic E-state index is -0.229. The summed E-state index contributed by atoms with van der Waals surface area (Å²) in [6, 6.07) is 2.33. The maximum atomic E-state index is 9.73. The van der Waals surface area contributed by atoms with Gasteiger partial charge in [-0.1, -0.05) is 19.3 Å². The molecular weight excluding hydrogens is 242 g/mol. The molecular formula is C15H26NOS+. The molecule has 0 spiro atoms. The van der Waals surface area contributed by atoms with Crippen molar-refractivity contribution in [3.05, 3.63) is 21.9 Å².